The van der Waals surface area contributed by atoms with Gasteiger partial charge in [0.1, 0.15) is 0 Å². The van der Waals surface area contributed by atoms with Crippen molar-refractivity contribution in [3.8, 4) is 0 Å². The van der Waals surface area contributed by atoms with Crippen molar-refractivity contribution >= 4 is 34.1 Å². The van der Waals surface area contributed by atoms with Gasteiger partial charge in [0.25, 0.3) is 5.91 Å². The Morgan fingerprint density at radius 2 is 2.04 bits per heavy atom. The molecule has 1 fully saturated rings. The molecule has 0 saturated heterocycles. The second-order valence-electron chi connectivity index (χ2n) is 6.54. The van der Waals surface area contributed by atoms with E-state index in [2.05, 4.69) is 40.2 Å². The van der Waals surface area contributed by atoms with Crippen molar-refractivity contribution in [2.75, 3.05) is 0 Å². The van der Waals surface area contributed by atoms with Crippen LogP contribution >= 0.6 is 12.2 Å². The van der Waals surface area contributed by atoms with Crippen LogP contribution in [0.5, 0.6) is 0 Å². The molecule has 0 aliphatic heterocycles. The minimum Gasteiger partial charge on any atom is -0.358 e. The maximum absolute atomic E-state index is 12.3. The summed E-state index contributed by atoms with van der Waals surface area (Å²) in [5.74, 6) is 0.926. The number of nitrogens with one attached hydrogen (secondary N) is 4. The first kappa shape index (κ1) is 16.7. The normalized spacial score (nSPS) is 23.7. The topological polar surface area (TPSA) is 81.8 Å². The summed E-state index contributed by atoms with van der Waals surface area (Å²) in [5, 5.41) is 11.5. The van der Waals surface area contributed by atoms with Crippen LogP contribution in [0.1, 0.15) is 43.6 Å². The molecule has 4 N–H and O–H groups in total. The van der Waals surface area contributed by atoms with Gasteiger partial charge in [-0.05, 0) is 36.5 Å². The lowest BCUT2D eigenvalue weighted by molar-refractivity contribution is 0.0939. The fraction of sp³-hybridized carbons (Fsp3) is 0.471. The Kier molecular flexibility index (Phi) is 4.99. The molecule has 3 rings (SSSR count). The summed E-state index contributed by atoms with van der Waals surface area (Å²) in [6.45, 7) is 4.53. The van der Waals surface area contributed by atoms with E-state index in [1.54, 1.807) is 0 Å². The molecule has 7 heteroatoms. The molecule has 3 atom stereocenters. The van der Waals surface area contributed by atoms with Gasteiger partial charge in [0.2, 0.25) is 0 Å². The summed E-state index contributed by atoms with van der Waals surface area (Å²) in [7, 11) is 0. The zero-order valence-electron chi connectivity index (χ0n) is 13.9. The number of benzene rings is 1. The molecule has 128 valence electrons. The summed E-state index contributed by atoms with van der Waals surface area (Å²) in [5.41, 5.74) is 6.58. The number of hydrogen-bond acceptors (Lipinski definition) is 3. The smallest absolute Gasteiger partial charge is 0.290 e. The van der Waals surface area contributed by atoms with Crippen LogP contribution in [0.4, 0.5) is 0 Å². The number of aromatic amines is 1. The summed E-state index contributed by atoms with van der Waals surface area (Å²) >= 11 is 5.30. The first-order valence-electron chi connectivity index (χ1n) is 8.36. The minimum atomic E-state index is -0.318. The van der Waals surface area contributed by atoms with Crippen molar-refractivity contribution in [2.24, 2.45) is 11.8 Å². The lowest BCUT2D eigenvalue weighted by Crippen LogP contribution is -2.52. The number of rotatable bonds is 2. The third-order valence-corrected chi connectivity index (χ3v) is 5.22. The highest BCUT2D eigenvalue weighted by Crippen LogP contribution is 2.29. The van der Waals surface area contributed by atoms with Crippen molar-refractivity contribution in [1.29, 1.82) is 0 Å². The lowest BCUT2D eigenvalue weighted by Gasteiger charge is -2.35. The van der Waals surface area contributed by atoms with Gasteiger partial charge in [-0.25, -0.2) is 0 Å². The van der Waals surface area contributed by atoms with Gasteiger partial charge in [0.15, 0.2) is 10.8 Å². The number of fused-ring (bicyclic) bond motifs is 1. The molecule has 24 heavy (non-hydrogen) atoms. The Balaban J connectivity index is 1.55. The molecule has 1 aliphatic rings. The van der Waals surface area contributed by atoms with Crippen LogP contribution in [0.3, 0.4) is 0 Å². The van der Waals surface area contributed by atoms with E-state index in [9.17, 15) is 4.79 Å². The average molecular weight is 345 g/mol. The monoisotopic (exact) mass is 345 g/mol. The Morgan fingerprint density at radius 3 is 2.88 bits per heavy atom. The molecule has 1 amide bonds. The predicted molar refractivity (Wildman–Crippen MR) is 98.4 cm³/mol. The van der Waals surface area contributed by atoms with E-state index in [0.29, 0.717) is 28.7 Å². The van der Waals surface area contributed by atoms with E-state index in [1.807, 2.05) is 24.3 Å². The van der Waals surface area contributed by atoms with E-state index in [0.717, 1.165) is 17.3 Å². The van der Waals surface area contributed by atoms with Crippen molar-refractivity contribution in [3.05, 3.63) is 30.0 Å². The van der Waals surface area contributed by atoms with E-state index in [4.69, 9.17) is 12.2 Å². The van der Waals surface area contributed by atoms with E-state index in [1.165, 1.54) is 12.8 Å². The molecule has 0 radical (unpaired) electrons. The summed E-state index contributed by atoms with van der Waals surface area (Å²) in [4.78, 5) is 12.3. The molecule has 1 aromatic carbocycles. The third kappa shape index (κ3) is 3.51. The maximum Gasteiger partial charge on any atom is 0.290 e. The van der Waals surface area contributed by atoms with Gasteiger partial charge in [-0.1, -0.05) is 44.9 Å². The molecular formula is C17H23N5OS. The number of nitrogens with zero attached hydrogens (tertiary/aromatic N) is 1. The second-order valence-corrected chi connectivity index (χ2v) is 6.95. The Labute approximate surface area is 146 Å². The van der Waals surface area contributed by atoms with Crippen molar-refractivity contribution in [1.82, 2.24) is 26.4 Å². The van der Waals surface area contributed by atoms with Crippen LogP contribution < -0.4 is 16.2 Å². The van der Waals surface area contributed by atoms with E-state index in [-0.39, 0.29) is 5.91 Å². The highest BCUT2D eigenvalue weighted by Gasteiger charge is 2.27. The largest absolute Gasteiger partial charge is 0.358 e. The predicted octanol–water partition coefficient (Wildman–Crippen LogP) is 2.50. The quantitative estimate of drug-likeness (QED) is 0.497. The average Bonchev–Trinajstić information content (AvgIpc) is 3.01. The molecule has 0 spiro atoms. The van der Waals surface area contributed by atoms with E-state index < -0.39 is 0 Å². The van der Waals surface area contributed by atoms with Crippen LogP contribution in [0.2, 0.25) is 0 Å². The number of hydrazine groups is 1. The molecule has 2 aromatic rings. The molecule has 1 aliphatic carbocycles. The molecule has 1 heterocycles. The van der Waals surface area contributed by atoms with Gasteiger partial charge in [0, 0.05) is 11.4 Å². The number of carbonyl (C=O) groups excluding carboxylic acids is 1. The fourth-order valence-electron chi connectivity index (χ4n) is 3.30. The molecule has 1 aromatic heterocycles. The molecule has 1 saturated carbocycles. The van der Waals surface area contributed by atoms with Gasteiger partial charge < -0.3 is 5.32 Å². The van der Waals surface area contributed by atoms with Gasteiger partial charge in [-0.15, -0.1) is 0 Å². The number of thiocarbonyl (C=S) groups is 1. The molecular weight excluding hydrogens is 322 g/mol. The summed E-state index contributed by atoms with van der Waals surface area (Å²) in [6.07, 6.45) is 3.57. The van der Waals surface area contributed by atoms with Gasteiger partial charge in [-0.3, -0.25) is 20.7 Å². The first-order chi connectivity index (χ1) is 11.6. The fourth-order valence-corrected chi connectivity index (χ4v) is 3.50. The number of H-pyrrole nitrogens is 1. The Bertz CT molecular complexity index is 743. The van der Waals surface area contributed by atoms with Crippen LogP contribution in [-0.2, 0) is 0 Å². The van der Waals surface area contributed by atoms with Crippen molar-refractivity contribution in [2.45, 2.75) is 39.2 Å². The van der Waals surface area contributed by atoms with Crippen LogP contribution in [0, 0.1) is 11.8 Å². The van der Waals surface area contributed by atoms with Crippen LogP contribution in [0.25, 0.3) is 10.9 Å². The Hall–Kier alpha value is -2.15. The van der Waals surface area contributed by atoms with E-state index >= 15 is 0 Å². The summed E-state index contributed by atoms with van der Waals surface area (Å²) < 4.78 is 0. The highest BCUT2D eigenvalue weighted by molar-refractivity contribution is 7.80. The number of aromatic nitrogens is 2. The number of amides is 1. The van der Waals surface area contributed by atoms with Crippen molar-refractivity contribution in [3.63, 3.8) is 0 Å². The number of carbonyl (C=O) groups is 1. The first-order valence-corrected chi connectivity index (χ1v) is 8.77. The zero-order valence-corrected chi connectivity index (χ0v) is 14.7. The Morgan fingerprint density at radius 1 is 1.25 bits per heavy atom. The van der Waals surface area contributed by atoms with Crippen LogP contribution in [-0.4, -0.2) is 27.3 Å². The number of hydrogen-bond donors (Lipinski definition) is 4. The summed E-state index contributed by atoms with van der Waals surface area (Å²) in [6, 6.07) is 7.85. The maximum atomic E-state index is 12.3. The van der Waals surface area contributed by atoms with Gasteiger partial charge in [0.05, 0.1) is 5.52 Å². The zero-order chi connectivity index (χ0) is 17.1. The molecule has 0 unspecified atom stereocenters. The minimum absolute atomic E-state index is 0.318. The van der Waals surface area contributed by atoms with Gasteiger partial charge >= 0.3 is 0 Å². The van der Waals surface area contributed by atoms with Crippen LogP contribution in [0.15, 0.2) is 24.3 Å². The third-order valence-electron chi connectivity index (χ3n) is 5.00. The SMILES string of the molecule is C[C@@H]1[C@H](C)CCC[C@H]1NC(=S)NNC(=O)c1n[nH]c2ccccc12. The standard InChI is InChI=1S/C17H23N5OS/c1-10-6-5-9-13(11(10)2)18-17(24)22-21-16(23)15-12-7-3-4-8-14(12)19-20-15/h3-4,7-8,10-11,13H,5-6,9H2,1-2H3,(H,19,20)(H,21,23)(H2,18,22,24)/t10-,11-,13-/m1/s1. The number of para-hydroxylation sites is 1. The molecule has 6 nitrogen and oxygen atoms in total. The highest BCUT2D eigenvalue weighted by atomic mass is 32.1. The van der Waals surface area contributed by atoms with Gasteiger partial charge in [-0.2, -0.15) is 5.10 Å². The van der Waals surface area contributed by atoms with Crippen molar-refractivity contribution < 1.29 is 4.79 Å². The second kappa shape index (κ2) is 7.17. The lowest BCUT2D eigenvalue weighted by atomic mass is 9.78. The molecule has 0 bridgehead atoms.